The van der Waals surface area contributed by atoms with Crippen molar-refractivity contribution in [1.29, 1.82) is 0 Å². The fourth-order valence-electron chi connectivity index (χ4n) is 14.2. The predicted octanol–water partition coefficient (Wildman–Crippen LogP) is 20.0. The first kappa shape index (κ1) is 48.1. The lowest BCUT2D eigenvalue weighted by molar-refractivity contribution is 0.661. The summed E-state index contributed by atoms with van der Waals surface area (Å²) in [6.45, 7) is 4.73. The van der Waals surface area contributed by atoms with Gasteiger partial charge in [-0.25, -0.2) is 19.9 Å². The van der Waals surface area contributed by atoms with Gasteiger partial charge in [0.25, 0.3) is 0 Å². The predicted molar refractivity (Wildman–Crippen MR) is 347 cm³/mol. The molecule has 0 aliphatic heterocycles. The highest BCUT2D eigenvalue weighted by Crippen LogP contribution is 2.58. The van der Waals surface area contributed by atoms with E-state index in [-0.39, 0.29) is 5.41 Å². The second kappa shape index (κ2) is 18.4. The molecule has 0 N–H and O–H groups in total. The Morgan fingerprint density at radius 1 is 0.262 bits per heavy atom. The van der Waals surface area contributed by atoms with Gasteiger partial charge >= 0.3 is 0 Å². The largest absolute Gasteiger partial charge is 0.244 e. The summed E-state index contributed by atoms with van der Waals surface area (Å²) in [4.78, 5) is 21.8. The van der Waals surface area contributed by atoms with E-state index in [2.05, 4.69) is 293 Å². The van der Waals surface area contributed by atoms with Gasteiger partial charge in [0.2, 0.25) is 0 Å². The zero-order valence-electron chi connectivity index (χ0n) is 46.3. The topological polar surface area (TPSA) is 51.6 Å². The molecule has 2 heterocycles. The summed E-state index contributed by atoms with van der Waals surface area (Å²) in [5, 5.41) is 8.12. The van der Waals surface area contributed by atoms with Gasteiger partial charge in [0.05, 0.1) is 39.0 Å². The fraction of sp³-hybridized carbons (Fsp3) is 0.0500. The van der Waals surface area contributed by atoms with E-state index in [1.807, 2.05) is 0 Å². The number of nitrogens with zero attached hydrogens (tertiary/aromatic N) is 4. The van der Waals surface area contributed by atoms with Gasteiger partial charge in [0.1, 0.15) is 0 Å². The molecular formula is C80H52N4. The van der Waals surface area contributed by atoms with Gasteiger partial charge < -0.3 is 0 Å². The van der Waals surface area contributed by atoms with E-state index in [0.717, 1.165) is 83.2 Å². The Hall–Kier alpha value is -10.7. The molecule has 13 aromatic carbocycles. The molecular weight excluding hydrogens is 1020 g/mol. The minimum atomic E-state index is -0.529. The van der Waals surface area contributed by atoms with Gasteiger partial charge in [-0.05, 0) is 154 Å². The second-order valence-electron chi connectivity index (χ2n) is 23.3. The molecule has 0 fully saturated rings. The van der Waals surface area contributed by atoms with Crippen LogP contribution in [-0.4, -0.2) is 19.9 Å². The van der Waals surface area contributed by atoms with Gasteiger partial charge in [0.15, 0.2) is 5.82 Å². The molecule has 0 saturated carbocycles. The smallest absolute Gasteiger partial charge is 0.160 e. The van der Waals surface area contributed by atoms with Crippen molar-refractivity contribution in [3.8, 4) is 78.5 Å². The molecule has 0 unspecified atom stereocenters. The van der Waals surface area contributed by atoms with Crippen LogP contribution in [0.2, 0.25) is 0 Å². The van der Waals surface area contributed by atoms with Crippen molar-refractivity contribution in [1.82, 2.24) is 19.9 Å². The Morgan fingerprint density at radius 2 is 0.786 bits per heavy atom. The first-order valence-corrected chi connectivity index (χ1v) is 29.0. The summed E-state index contributed by atoms with van der Waals surface area (Å²) in [5.41, 5.74) is 23.6. The zero-order valence-corrected chi connectivity index (χ0v) is 46.3. The van der Waals surface area contributed by atoms with Crippen LogP contribution < -0.4 is 0 Å². The highest BCUT2D eigenvalue weighted by atomic mass is 14.9. The van der Waals surface area contributed by atoms with Crippen LogP contribution in [0.3, 0.4) is 0 Å². The van der Waals surface area contributed by atoms with Crippen molar-refractivity contribution in [2.75, 3.05) is 0 Å². The molecule has 0 spiro atoms. The summed E-state index contributed by atoms with van der Waals surface area (Å²) in [6.07, 6.45) is 0. The molecule has 17 rings (SSSR count). The Morgan fingerprint density at radius 3 is 1.52 bits per heavy atom. The van der Waals surface area contributed by atoms with E-state index in [1.54, 1.807) is 0 Å². The minimum Gasteiger partial charge on any atom is -0.244 e. The summed E-state index contributed by atoms with van der Waals surface area (Å²) >= 11 is 0. The summed E-state index contributed by atoms with van der Waals surface area (Å²) < 4.78 is 0. The number of rotatable bonds is 7. The van der Waals surface area contributed by atoms with E-state index in [4.69, 9.17) is 19.9 Å². The standard InChI is InChI=1S/C80H52N4/c1-79(2)69-47-57(76-75(51-22-9-4-10-23-51)83-77-62-30-18-17-19-49(62)35-40-73(77)81-76)33-37-63(69)64-43-56-32-31-54(41-59(56)48-70(64)79)55-36-39-72-67(44-55)74(50-20-7-3-8-21-50)84-78(82-72)58-34-38-68-65(45-58)66-42-52-24-15-16-25-53(52)46-71(66)80(68,60-26-11-5-12-27-60)61-28-13-6-14-29-61/h3-48H,1-2H3. The first-order valence-electron chi connectivity index (χ1n) is 29.0. The lowest BCUT2D eigenvalue weighted by Crippen LogP contribution is -2.28. The van der Waals surface area contributed by atoms with E-state index in [0.29, 0.717) is 5.82 Å². The normalized spacial score (nSPS) is 13.5. The van der Waals surface area contributed by atoms with Crippen LogP contribution in [-0.2, 0) is 10.8 Å². The average molecular weight is 1070 g/mol. The monoisotopic (exact) mass is 1070 g/mol. The van der Waals surface area contributed by atoms with Gasteiger partial charge in [-0.2, -0.15) is 0 Å². The third-order valence-corrected chi connectivity index (χ3v) is 18.3. The number of fused-ring (bicyclic) bond motifs is 12. The van der Waals surface area contributed by atoms with Crippen molar-refractivity contribution in [2.45, 2.75) is 24.7 Å². The second-order valence-corrected chi connectivity index (χ2v) is 23.3. The Kier molecular flexibility index (Phi) is 10.5. The molecule has 84 heavy (non-hydrogen) atoms. The van der Waals surface area contributed by atoms with Crippen LogP contribution in [0, 0.1) is 0 Å². The SMILES string of the molecule is CC1(C)c2cc(-c3nc4ccc5ccccc5c4nc3-c3ccccc3)ccc2-c2cc3ccc(-c4ccc5nc(-c6ccc7c(c6)-c6cc8ccccc8cc6C7(c6ccccc6)c6ccccc6)nc(-c6ccccc6)c5c4)cc3cc21. The van der Waals surface area contributed by atoms with Crippen LogP contribution in [0.1, 0.15) is 47.2 Å². The quantitative estimate of drug-likeness (QED) is 0.149. The number of hydrogen-bond acceptors (Lipinski definition) is 4. The minimum absolute atomic E-state index is 0.273. The Labute approximate surface area is 487 Å². The Bertz CT molecular complexity index is 5170. The van der Waals surface area contributed by atoms with Crippen LogP contribution in [0.4, 0.5) is 0 Å². The van der Waals surface area contributed by atoms with Crippen molar-refractivity contribution in [3.63, 3.8) is 0 Å². The molecule has 0 bridgehead atoms. The van der Waals surface area contributed by atoms with E-state index in [9.17, 15) is 0 Å². The van der Waals surface area contributed by atoms with Crippen LogP contribution in [0.5, 0.6) is 0 Å². The average Bonchev–Trinajstić information content (AvgIpc) is 2.60. The maximum atomic E-state index is 5.54. The number of aromatic nitrogens is 4. The molecule has 0 radical (unpaired) electrons. The highest BCUT2D eigenvalue weighted by molar-refractivity contribution is 6.06. The molecule has 392 valence electrons. The molecule has 4 heteroatoms. The van der Waals surface area contributed by atoms with Crippen molar-refractivity contribution >= 4 is 54.3 Å². The lowest BCUT2D eigenvalue weighted by Gasteiger charge is -2.34. The van der Waals surface area contributed by atoms with Crippen molar-refractivity contribution in [3.05, 3.63) is 312 Å². The van der Waals surface area contributed by atoms with E-state index in [1.165, 1.54) is 77.2 Å². The molecule has 0 atom stereocenters. The van der Waals surface area contributed by atoms with Crippen LogP contribution in [0.25, 0.3) is 133 Å². The van der Waals surface area contributed by atoms with E-state index >= 15 is 0 Å². The fourth-order valence-corrected chi connectivity index (χ4v) is 14.2. The molecule has 2 aromatic heterocycles. The van der Waals surface area contributed by atoms with Crippen molar-refractivity contribution < 1.29 is 0 Å². The molecule has 0 saturated heterocycles. The van der Waals surface area contributed by atoms with Crippen LogP contribution in [0.15, 0.2) is 279 Å². The number of hydrogen-bond donors (Lipinski definition) is 0. The first-order chi connectivity index (χ1) is 41.3. The van der Waals surface area contributed by atoms with Crippen LogP contribution >= 0.6 is 0 Å². The summed E-state index contributed by atoms with van der Waals surface area (Å²) in [6, 6.07) is 102. The molecule has 2 aliphatic carbocycles. The third kappa shape index (κ3) is 7.27. The molecule has 4 nitrogen and oxygen atoms in total. The maximum Gasteiger partial charge on any atom is 0.160 e. The summed E-state index contributed by atoms with van der Waals surface area (Å²) in [5.74, 6) is 0.696. The molecule has 2 aliphatic rings. The molecule has 15 aromatic rings. The maximum absolute atomic E-state index is 5.54. The van der Waals surface area contributed by atoms with Gasteiger partial charge in [-0.15, -0.1) is 0 Å². The molecule has 0 amide bonds. The van der Waals surface area contributed by atoms with Crippen molar-refractivity contribution in [2.24, 2.45) is 0 Å². The zero-order chi connectivity index (χ0) is 55.7. The lowest BCUT2D eigenvalue weighted by atomic mass is 9.67. The van der Waals surface area contributed by atoms with Gasteiger partial charge in [0, 0.05) is 38.4 Å². The number of benzene rings is 13. The third-order valence-electron chi connectivity index (χ3n) is 18.3. The van der Waals surface area contributed by atoms with Gasteiger partial charge in [-0.3, -0.25) is 0 Å². The highest BCUT2D eigenvalue weighted by Gasteiger charge is 2.46. The van der Waals surface area contributed by atoms with E-state index < -0.39 is 5.41 Å². The van der Waals surface area contributed by atoms with Gasteiger partial charge in [-0.1, -0.05) is 232 Å². The summed E-state index contributed by atoms with van der Waals surface area (Å²) in [7, 11) is 0. The Balaban J connectivity index is 0.760.